The van der Waals surface area contributed by atoms with Crippen LogP contribution in [0, 0.1) is 0 Å². The molecule has 0 aromatic heterocycles. The van der Waals surface area contributed by atoms with Gasteiger partial charge in [0, 0.05) is 20.6 Å². The summed E-state index contributed by atoms with van der Waals surface area (Å²) in [6, 6.07) is 3.05. The molecule has 0 bridgehead atoms. The highest BCUT2D eigenvalue weighted by Crippen LogP contribution is 2.35. The predicted octanol–water partition coefficient (Wildman–Crippen LogP) is 2.80. The predicted molar refractivity (Wildman–Crippen MR) is 85.4 cm³/mol. The molecule has 1 unspecified atom stereocenters. The lowest BCUT2D eigenvalue weighted by Gasteiger charge is -2.33. The Balaban J connectivity index is 0.000000399. The summed E-state index contributed by atoms with van der Waals surface area (Å²) in [5, 5.41) is 0. The summed E-state index contributed by atoms with van der Waals surface area (Å²) in [6.07, 6.45) is -0.896. The number of halogens is 3. The zero-order valence-corrected chi connectivity index (χ0v) is 14.2. The molecule has 1 atom stereocenters. The summed E-state index contributed by atoms with van der Waals surface area (Å²) in [5.74, 6) is -0.185. The van der Waals surface area contributed by atoms with Crippen molar-refractivity contribution in [3.8, 4) is 5.75 Å². The van der Waals surface area contributed by atoms with E-state index in [0.29, 0.717) is 6.54 Å². The molecule has 0 radical (unpaired) electrons. The van der Waals surface area contributed by atoms with E-state index in [4.69, 9.17) is 4.74 Å². The third-order valence-corrected chi connectivity index (χ3v) is 4.07. The van der Waals surface area contributed by atoms with Gasteiger partial charge in [-0.3, -0.25) is 9.59 Å². The maximum atomic E-state index is 12.7. The first-order chi connectivity index (χ1) is 11.7. The summed E-state index contributed by atoms with van der Waals surface area (Å²) >= 11 is 0. The standard InChI is InChI=1S/C14H14F3NO2.C3H7NO/c15-14(16,17)9-4-5-11-12(7-9)20-8-10-3-1-2-6-18(10)13(11)19;1-4(2)3-5/h4-5,7,10H,1-3,6,8H2;3H,1-2H3. The van der Waals surface area contributed by atoms with E-state index < -0.39 is 11.7 Å². The summed E-state index contributed by atoms with van der Waals surface area (Å²) in [5.41, 5.74) is -0.564. The SMILES string of the molecule is CN(C)C=O.O=C1c2ccc(C(F)(F)F)cc2OCC2CCCCN12. The van der Waals surface area contributed by atoms with E-state index >= 15 is 0 Å². The van der Waals surface area contributed by atoms with Crippen LogP contribution < -0.4 is 4.74 Å². The van der Waals surface area contributed by atoms with E-state index in [2.05, 4.69) is 0 Å². The number of carbonyl (C=O) groups is 2. The van der Waals surface area contributed by atoms with Gasteiger partial charge in [-0.1, -0.05) is 0 Å². The molecule has 2 aliphatic heterocycles. The van der Waals surface area contributed by atoms with Crippen molar-refractivity contribution in [1.29, 1.82) is 0 Å². The number of carbonyl (C=O) groups excluding carboxylic acids is 2. The molecule has 1 aromatic carbocycles. The number of hydrogen-bond acceptors (Lipinski definition) is 3. The van der Waals surface area contributed by atoms with Crippen LogP contribution >= 0.6 is 0 Å². The lowest BCUT2D eigenvalue weighted by molar-refractivity contribution is -0.137. The first-order valence-electron chi connectivity index (χ1n) is 8.00. The van der Waals surface area contributed by atoms with E-state index in [1.807, 2.05) is 0 Å². The zero-order valence-electron chi connectivity index (χ0n) is 14.2. The molecule has 1 saturated heterocycles. The molecule has 2 aliphatic rings. The third-order valence-electron chi connectivity index (χ3n) is 4.07. The van der Waals surface area contributed by atoms with Crippen molar-refractivity contribution in [2.75, 3.05) is 27.2 Å². The average Bonchev–Trinajstić information content (AvgIpc) is 2.72. The first-order valence-corrected chi connectivity index (χ1v) is 8.00. The molecule has 0 aliphatic carbocycles. The van der Waals surface area contributed by atoms with E-state index in [1.54, 1.807) is 19.0 Å². The molecule has 0 N–H and O–H groups in total. The van der Waals surface area contributed by atoms with E-state index in [1.165, 1.54) is 11.0 Å². The van der Waals surface area contributed by atoms with Crippen molar-refractivity contribution >= 4 is 12.3 Å². The number of hydrogen-bond donors (Lipinski definition) is 0. The Hall–Kier alpha value is -2.25. The third kappa shape index (κ3) is 4.64. The van der Waals surface area contributed by atoms with Crippen LogP contribution in [0.5, 0.6) is 5.75 Å². The van der Waals surface area contributed by atoms with Crippen LogP contribution in [0.4, 0.5) is 13.2 Å². The van der Waals surface area contributed by atoms with Gasteiger partial charge in [0.2, 0.25) is 6.41 Å². The number of rotatable bonds is 1. The van der Waals surface area contributed by atoms with Gasteiger partial charge in [-0.25, -0.2) is 0 Å². The molecule has 3 rings (SSSR count). The molecule has 8 heteroatoms. The van der Waals surface area contributed by atoms with Crippen LogP contribution in [0.25, 0.3) is 0 Å². The fourth-order valence-corrected chi connectivity index (χ4v) is 2.78. The van der Waals surface area contributed by atoms with E-state index in [0.717, 1.165) is 37.8 Å². The molecule has 138 valence electrons. The second kappa shape index (κ2) is 7.76. The topological polar surface area (TPSA) is 49.9 Å². The van der Waals surface area contributed by atoms with Crippen LogP contribution in [-0.2, 0) is 11.0 Å². The van der Waals surface area contributed by atoms with E-state index in [9.17, 15) is 22.8 Å². The Morgan fingerprint density at radius 1 is 1.28 bits per heavy atom. The van der Waals surface area contributed by atoms with Crippen LogP contribution in [-0.4, -0.2) is 55.4 Å². The fraction of sp³-hybridized carbons (Fsp3) is 0.529. The number of alkyl halides is 3. The van der Waals surface area contributed by atoms with Crippen molar-refractivity contribution in [3.63, 3.8) is 0 Å². The van der Waals surface area contributed by atoms with Crippen molar-refractivity contribution in [1.82, 2.24) is 9.80 Å². The second-order valence-corrected chi connectivity index (χ2v) is 6.24. The van der Waals surface area contributed by atoms with Crippen LogP contribution in [0.3, 0.4) is 0 Å². The number of piperidine rings is 1. The van der Waals surface area contributed by atoms with Crippen molar-refractivity contribution < 1.29 is 27.5 Å². The van der Waals surface area contributed by atoms with Gasteiger partial charge < -0.3 is 14.5 Å². The van der Waals surface area contributed by atoms with Crippen LogP contribution in [0.2, 0.25) is 0 Å². The van der Waals surface area contributed by atoms with Gasteiger partial charge in [0.1, 0.15) is 12.4 Å². The van der Waals surface area contributed by atoms with Gasteiger partial charge in [-0.05, 0) is 37.5 Å². The van der Waals surface area contributed by atoms with Crippen molar-refractivity contribution in [2.45, 2.75) is 31.5 Å². The quantitative estimate of drug-likeness (QED) is 0.726. The Morgan fingerprint density at radius 3 is 2.56 bits per heavy atom. The minimum absolute atomic E-state index is 0.0296. The first kappa shape index (κ1) is 19.1. The van der Waals surface area contributed by atoms with Crippen molar-refractivity contribution in [3.05, 3.63) is 29.3 Å². The molecule has 25 heavy (non-hydrogen) atoms. The number of fused-ring (bicyclic) bond motifs is 2. The molecule has 0 spiro atoms. The number of nitrogens with zero attached hydrogens (tertiary/aromatic N) is 2. The highest BCUT2D eigenvalue weighted by Gasteiger charge is 2.36. The van der Waals surface area contributed by atoms with Crippen LogP contribution in [0.15, 0.2) is 18.2 Å². The Labute approximate surface area is 144 Å². The summed E-state index contributed by atoms with van der Waals surface area (Å²) < 4.78 is 43.6. The smallest absolute Gasteiger partial charge is 0.416 e. The minimum atomic E-state index is -4.43. The largest absolute Gasteiger partial charge is 0.491 e. The Bertz CT molecular complexity index is 632. The van der Waals surface area contributed by atoms with Crippen LogP contribution in [0.1, 0.15) is 35.2 Å². The summed E-state index contributed by atoms with van der Waals surface area (Å²) in [4.78, 5) is 25.0. The second-order valence-electron chi connectivity index (χ2n) is 6.24. The number of benzene rings is 1. The van der Waals surface area contributed by atoms with Gasteiger partial charge in [0.15, 0.2) is 0 Å². The summed E-state index contributed by atoms with van der Waals surface area (Å²) in [7, 11) is 3.38. The van der Waals surface area contributed by atoms with Gasteiger partial charge >= 0.3 is 6.18 Å². The lowest BCUT2D eigenvalue weighted by atomic mass is 10.0. The molecule has 2 heterocycles. The molecular weight excluding hydrogens is 337 g/mol. The Kier molecular flexibility index (Phi) is 5.92. The van der Waals surface area contributed by atoms with Gasteiger partial charge in [-0.15, -0.1) is 0 Å². The molecule has 1 aromatic rings. The maximum absolute atomic E-state index is 12.7. The average molecular weight is 358 g/mol. The minimum Gasteiger partial charge on any atom is -0.491 e. The van der Waals surface area contributed by atoms with Crippen molar-refractivity contribution in [2.24, 2.45) is 0 Å². The normalized spacial score (nSPS) is 19.5. The molecule has 1 fully saturated rings. The molecule has 5 nitrogen and oxygen atoms in total. The lowest BCUT2D eigenvalue weighted by Crippen LogP contribution is -2.45. The zero-order chi connectivity index (χ0) is 18.6. The van der Waals surface area contributed by atoms with Gasteiger partial charge in [0.05, 0.1) is 17.2 Å². The van der Waals surface area contributed by atoms with Gasteiger partial charge in [-0.2, -0.15) is 13.2 Å². The number of amides is 2. The molecular formula is C17H21F3N2O3. The molecule has 2 amide bonds. The fourth-order valence-electron chi connectivity index (χ4n) is 2.78. The van der Waals surface area contributed by atoms with Gasteiger partial charge in [0.25, 0.3) is 5.91 Å². The maximum Gasteiger partial charge on any atom is 0.416 e. The highest BCUT2D eigenvalue weighted by atomic mass is 19.4. The monoisotopic (exact) mass is 358 g/mol. The Morgan fingerprint density at radius 2 is 1.96 bits per heavy atom. The highest BCUT2D eigenvalue weighted by molar-refractivity contribution is 5.97. The number of ether oxygens (including phenoxy) is 1. The van der Waals surface area contributed by atoms with E-state index in [-0.39, 0.29) is 29.9 Å². The summed E-state index contributed by atoms with van der Waals surface area (Å²) in [6.45, 7) is 0.910. The molecule has 0 saturated carbocycles.